The summed E-state index contributed by atoms with van der Waals surface area (Å²) in [6.07, 6.45) is 1.34. The summed E-state index contributed by atoms with van der Waals surface area (Å²) in [6, 6.07) is 4.35. The first-order valence-electron chi connectivity index (χ1n) is 4.93. The van der Waals surface area contributed by atoms with Crippen LogP contribution in [0.5, 0.6) is 5.75 Å². The molecule has 88 valence electrons. The Morgan fingerprint density at radius 2 is 2.24 bits per heavy atom. The van der Waals surface area contributed by atoms with E-state index >= 15 is 0 Å². The van der Waals surface area contributed by atoms with Crippen LogP contribution in [-0.4, -0.2) is 19.0 Å². The highest BCUT2D eigenvalue weighted by molar-refractivity contribution is 6.06. The van der Waals surface area contributed by atoms with Crippen molar-refractivity contribution in [1.29, 1.82) is 0 Å². The van der Waals surface area contributed by atoms with Gasteiger partial charge in [0.15, 0.2) is 11.6 Å². The fraction of sp³-hybridized carbons (Fsp3) is 0.167. The molecule has 0 radical (unpaired) electrons. The van der Waals surface area contributed by atoms with Crippen LogP contribution >= 0.6 is 0 Å². The molecule has 0 aliphatic carbocycles. The maximum Gasteiger partial charge on any atom is 0.363 e. The van der Waals surface area contributed by atoms with Crippen LogP contribution in [0.3, 0.4) is 0 Å². The summed E-state index contributed by atoms with van der Waals surface area (Å²) < 4.78 is 23.2. The molecular formula is C12H10FNO3. The Labute approximate surface area is 97.4 Å². The van der Waals surface area contributed by atoms with Gasteiger partial charge in [-0.05, 0) is 18.2 Å². The number of carbonyl (C=O) groups is 1. The van der Waals surface area contributed by atoms with Crippen LogP contribution < -0.4 is 4.74 Å². The Morgan fingerprint density at radius 3 is 2.76 bits per heavy atom. The highest BCUT2D eigenvalue weighted by Gasteiger charge is 2.20. The topological polar surface area (TPSA) is 47.9 Å². The van der Waals surface area contributed by atoms with E-state index in [0.29, 0.717) is 5.75 Å². The average molecular weight is 235 g/mol. The second-order valence-electron chi connectivity index (χ2n) is 3.44. The van der Waals surface area contributed by atoms with E-state index in [2.05, 4.69) is 4.99 Å². The maximum atomic E-state index is 13.6. The largest absolute Gasteiger partial charge is 0.497 e. The van der Waals surface area contributed by atoms with Gasteiger partial charge in [0.25, 0.3) is 0 Å². The lowest BCUT2D eigenvalue weighted by atomic mass is 10.1. The lowest BCUT2D eigenvalue weighted by Gasteiger charge is -2.01. The van der Waals surface area contributed by atoms with Gasteiger partial charge in [-0.1, -0.05) is 0 Å². The van der Waals surface area contributed by atoms with Crippen molar-refractivity contribution >= 4 is 17.9 Å². The van der Waals surface area contributed by atoms with E-state index in [0.717, 1.165) is 0 Å². The SMILES string of the molecule is COc1ccc(/C=C2\N=C(C)OC2=O)c(F)c1. The number of hydrogen-bond donors (Lipinski definition) is 0. The predicted octanol–water partition coefficient (Wildman–Crippen LogP) is 2.15. The zero-order chi connectivity index (χ0) is 12.4. The fourth-order valence-electron chi connectivity index (χ4n) is 1.41. The molecule has 0 N–H and O–H groups in total. The highest BCUT2D eigenvalue weighted by Crippen LogP contribution is 2.21. The Morgan fingerprint density at radius 1 is 1.47 bits per heavy atom. The number of esters is 1. The van der Waals surface area contributed by atoms with Gasteiger partial charge in [-0.3, -0.25) is 0 Å². The minimum absolute atomic E-state index is 0.0894. The zero-order valence-electron chi connectivity index (χ0n) is 9.36. The highest BCUT2D eigenvalue weighted by atomic mass is 19.1. The molecule has 1 aromatic carbocycles. The molecule has 0 saturated carbocycles. The van der Waals surface area contributed by atoms with E-state index in [4.69, 9.17) is 9.47 Å². The summed E-state index contributed by atoms with van der Waals surface area (Å²) in [7, 11) is 1.45. The smallest absolute Gasteiger partial charge is 0.363 e. The van der Waals surface area contributed by atoms with E-state index in [1.165, 1.54) is 25.3 Å². The van der Waals surface area contributed by atoms with Crippen LogP contribution in [0.2, 0.25) is 0 Å². The van der Waals surface area contributed by atoms with Crippen molar-refractivity contribution in [3.63, 3.8) is 0 Å². The predicted molar refractivity (Wildman–Crippen MR) is 60.1 cm³/mol. The lowest BCUT2D eigenvalue weighted by molar-refractivity contribution is -0.130. The first-order chi connectivity index (χ1) is 8.10. The minimum Gasteiger partial charge on any atom is -0.497 e. The third-order valence-corrected chi connectivity index (χ3v) is 2.23. The van der Waals surface area contributed by atoms with Crippen molar-refractivity contribution in [1.82, 2.24) is 0 Å². The summed E-state index contributed by atoms with van der Waals surface area (Å²) in [5.74, 6) is -0.379. The van der Waals surface area contributed by atoms with Gasteiger partial charge in [-0.15, -0.1) is 0 Å². The van der Waals surface area contributed by atoms with Gasteiger partial charge in [-0.25, -0.2) is 14.2 Å². The summed E-state index contributed by atoms with van der Waals surface area (Å²) in [5.41, 5.74) is 0.350. The summed E-state index contributed by atoms with van der Waals surface area (Å²) >= 11 is 0. The summed E-state index contributed by atoms with van der Waals surface area (Å²) in [4.78, 5) is 15.1. The number of benzene rings is 1. The lowest BCUT2D eigenvalue weighted by Crippen LogP contribution is -2.00. The molecule has 0 unspecified atom stereocenters. The molecule has 4 nitrogen and oxygen atoms in total. The number of cyclic esters (lactones) is 1. The molecule has 17 heavy (non-hydrogen) atoms. The van der Waals surface area contributed by atoms with Crippen molar-refractivity contribution in [2.24, 2.45) is 4.99 Å². The number of carbonyl (C=O) groups excluding carboxylic acids is 1. The van der Waals surface area contributed by atoms with Crippen LogP contribution in [0.4, 0.5) is 4.39 Å². The molecule has 5 heteroatoms. The molecule has 0 amide bonds. The molecule has 0 fully saturated rings. The van der Waals surface area contributed by atoms with Crippen LogP contribution in [0.25, 0.3) is 6.08 Å². The van der Waals surface area contributed by atoms with Crippen LogP contribution in [0.15, 0.2) is 28.9 Å². The minimum atomic E-state index is -0.572. The molecule has 1 aliphatic rings. The zero-order valence-corrected chi connectivity index (χ0v) is 9.36. The molecule has 0 saturated heterocycles. The van der Waals surface area contributed by atoms with Crippen molar-refractivity contribution in [3.05, 3.63) is 35.3 Å². The van der Waals surface area contributed by atoms with Gasteiger partial charge in [0.05, 0.1) is 7.11 Å². The molecule has 0 bridgehead atoms. The molecule has 0 aromatic heterocycles. The first kappa shape index (κ1) is 11.3. The second-order valence-corrected chi connectivity index (χ2v) is 3.44. The van der Waals surface area contributed by atoms with Gasteiger partial charge < -0.3 is 9.47 Å². The number of methoxy groups -OCH3 is 1. The van der Waals surface area contributed by atoms with E-state index in [1.807, 2.05) is 0 Å². The van der Waals surface area contributed by atoms with Crippen LogP contribution in [0.1, 0.15) is 12.5 Å². The van der Waals surface area contributed by atoms with Gasteiger partial charge in [0, 0.05) is 18.6 Å². The standard InChI is InChI=1S/C12H10FNO3/c1-7-14-11(12(15)17-7)5-8-3-4-9(16-2)6-10(8)13/h3-6H,1-2H3/b11-5-. The molecule has 0 atom stereocenters. The van der Waals surface area contributed by atoms with Gasteiger partial charge in [-0.2, -0.15) is 0 Å². The molecule has 1 aliphatic heterocycles. The van der Waals surface area contributed by atoms with Crippen molar-refractivity contribution in [3.8, 4) is 5.75 Å². The monoisotopic (exact) mass is 235 g/mol. The summed E-state index contributed by atoms with van der Waals surface area (Å²) in [6.45, 7) is 1.56. The average Bonchev–Trinajstić information content (AvgIpc) is 2.60. The van der Waals surface area contributed by atoms with E-state index in [-0.39, 0.29) is 17.2 Å². The number of hydrogen-bond acceptors (Lipinski definition) is 4. The van der Waals surface area contributed by atoms with E-state index < -0.39 is 11.8 Å². The summed E-state index contributed by atoms with van der Waals surface area (Å²) in [5, 5.41) is 0. The Balaban J connectivity index is 2.36. The number of nitrogens with zero attached hydrogens (tertiary/aromatic N) is 1. The third-order valence-electron chi connectivity index (χ3n) is 2.23. The van der Waals surface area contributed by atoms with Gasteiger partial charge in [0.1, 0.15) is 11.6 Å². The van der Waals surface area contributed by atoms with Crippen LogP contribution in [0, 0.1) is 5.82 Å². The first-order valence-corrected chi connectivity index (χ1v) is 4.93. The Hall–Kier alpha value is -2.17. The molecule has 1 heterocycles. The number of ether oxygens (including phenoxy) is 2. The number of rotatable bonds is 2. The quantitative estimate of drug-likeness (QED) is 0.583. The molecular weight excluding hydrogens is 225 g/mol. The van der Waals surface area contributed by atoms with Crippen molar-refractivity contribution in [2.45, 2.75) is 6.92 Å². The van der Waals surface area contributed by atoms with Crippen molar-refractivity contribution in [2.75, 3.05) is 7.11 Å². The van der Waals surface area contributed by atoms with Crippen molar-refractivity contribution < 1.29 is 18.7 Å². The molecule has 2 rings (SSSR count). The molecule has 0 spiro atoms. The fourth-order valence-corrected chi connectivity index (χ4v) is 1.41. The number of aliphatic imine (C=N–C) groups is 1. The normalized spacial score (nSPS) is 17.0. The number of halogens is 1. The van der Waals surface area contributed by atoms with E-state index in [9.17, 15) is 9.18 Å². The van der Waals surface area contributed by atoms with E-state index in [1.54, 1.807) is 13.0 Å². The third kappa shape index (κ3) is 2.33. The Bertz CT molecular complexity index is 535. The maximum absolute atomic E-state index is 13.6. The molecule has 1 aromatic rings. The van der Waals surface area contributed by atoms with Gasteiger partial charge >= 0.3 is 5.97 Å². The van der Waals surface area contributed by atoms with Crippen LogP contribution in [-0.2, 0) is 9.53 Å². The second kappa shape index (κ2) is 4.37. The van der Waals surface area contributed by atoms with Gasteiger partial charge in [0.2, 0.25) is 0 Å². The Kier molecular flexibility index (Phi) is 2.91.